The molecule has 0 spiro atoms. The van der Waals surface area contributed by atoms with E-state index in [9.17, 15) is 4.79 Å². The van der Waals surface area contributed by atoms with Crippen LogP contribution in [0.4, 0.5) is 5.82 Å². The number of para-hydroxylation sites is 1. The number of carbonyl (C=O) groups excluding carboxylic acids is 1. The Morgan fingerprint density at radius 2 is 1.97 bits per heavy atom. The van der Waals surface area contributed by atoms with Crippen LogP contribution in [-0.4, -0.2) is 56.3 Å². The van der Waals surface area contributed by atoms with E-state index in [4.69, 9.17) is 4.74 Å². The SMILES string of the molecule is CCOc1ncc(-c2cc(NCC3S[C@@]3(C)c3cccc4c(C(=O)NC)ccnc34)ncn2)cn1. The van der Waals surface area contributed by atoms with Gasteiger partial charge in [0.1, 0.15) is 12.1 Å². The zero-order valence-corrected chi connectivity index (χ0v) is 20.5. The number of pyridine rings is 1. The van der Waals surface area contributed by atoms with Crippen LogP contribution in [0.25, 0.3) is 22.2 Å². The average Bonchev–Trinajstić information content (AvgIpc) is 3.57. The lowest BCUT2D eigenvalue weighted by Gasteiger charge is -2.14. The molecule has 4 heterocycles. The van der Waals surface area contributed by atoms with Crippen LogP contribution in [0.15, 0.2) is 55.2 Å². The Labute approximate surface area is 207 Å². The highest BCUT2D eigenvalue weighted by atomic mass is 32.2. The largest absolute Gasteiger partial charge is 0.464 e. The van der Waals surface area contributed by atoms with Gasteiger partial charge in [-0.2, -0.15) is 0 Å². The Kier molecular flexibility index (Phi) is 6.21. The van der Waals surface area contributed by atoms with Gasteiger partial charge in [0.25, 0.3) is 5.91 Å². The number of anilines is 1. The summed E-state index contributed by atoms with van der Waals surface area (Å²) in [6, 6.07) is 10.0. The van der Waals surface area contributed by atoms with Crippen LogP contribution in [-0.2, 0) is 4.75 Å². The molecule has 10 heteroatoms. The van der Waals surface area contributed by atoms with Gasteiger partial charge in [0, 0.05) is 54.4 Å². The molecule has 0 aliphatic carbocycles. The standard InChI is InChI=1S/C25H25N7O2S/c1-4-34-24-29-11-15(12-30-24)19-10-21(32-14-31-19)28-13-20-25(2,35-20)18-7-5-6-16-17(23(33)26-3)8-9-27-22(16)18/h5-12,14,20H,4,13H2,1-3H3,(H,26,33)(H,28,31,32)/t20?,25-/m0/s1. The van der Waals surface area contributed by atoms with Crippen molar-refractivity contribution in [2.75, 3.05) is 25.5 Å². The number of nitrogens with one attached hydrogen (secondary N) is 2. The Morgan fingerprint density at radius 1 is 1.14 bits per heavy atom. The number of thioether (sulfide) groups is 1. The Hall–Kier alpha value is -3.79. The van der Waals surface area contributed by atoms with Gasteiger partial charge in [-0.1, -0.05) is 18.2 Å². The van der Waals surface area contributed by atoms with Crippen molar-refractivity contribution in [3.05, 3.63) is 66.4 Å². The summed E-state index contributed by atoms with van der Waals surface area (Å²) in [6.07, 6.45) is 6.62. The molecule has 178 valence electrons. The van der Waals surface area contributed by atoms with Crippen molar-refractivity contribution < 1.29 is 9.53 Å². The summed E-state index contributed by atoms with van der Waals surface area (Å²) in [7, 11) is 1.64. The maximum atomic E-state index is 12.3. The average molecular weight is 488 g/mol. The topological polar surface area (TPSA) is 115 Å². The summed E-state index contributed by atoms with van der Waals surface area (Å²) in [5, 5.41) is 7.34. The van der Waals surface area contributed by atoms with Crippen molar-refractivity contribution in [2.24, 2.45) is 0 Å². The highest BCUT2D eigenvalue weighted by molar-refractivity contribution is 8.08. The van der Waals surface area contributed by atoms with Gasteiger partial charge in [0.15, 0.2) is 0 Å². The predicted octanol–water partition coefficient (Wildman–Crippen LogP) is 3.68. The molecule has 1 amide bonds. The molecule has 1 fully saturated rings. The van der Waals surface area contributed by atoms with Crippen molar-refractivity contribution in [3.63, 3.8) is 0 Å². The van der Waals surface area contributed by atoms with Crippen LogP contribution in [0.2, 0.25) is 0 Å². The van der Waals surface area contributed by atoms with Gasteiger partial charge in [-0.15, -0.1) is 11.8 Å². The van der Waals surface area contributed by atoms with Crippen LogP contribution in [0.5, 0.6) is 6.01 Å². The number of fused-ring (bicyclic) bond motifs is 1. The van der Waals surface area contributed by atoms with E-state index in [2.05, 4.69) is 48.5 Å². The number of hydrogen-bond acceptors (Lipinski definition) is 9. The van der Waals surface area contributed by atoms with Crippen molar-refractivity contribution in [1.29, 1.82) is 0 Å². The number of rotatable bonds is 8. The molecular weight excluding hydrogens is 462 g/mol. The van der Waals surface area contributed by atoms with Crippen LogP contribution in [0, 0.1) is 0 Å². The molecule has 1 unspecified atom stereocenters. The fourth-order valence-electron chi connectivity index (χ4n) is 4.11. The third-order valence-corrected chi connectivity index (χ3v) is 7.72. The summed E-state index contributed by atoms with van der Waals surface area (Å²) in [6.45, 7) is 5.35. The first-order valence-corrected chi connectivity index (χ1v) is 12.2. The number of aromatic nitrogens is 5. The van der Waals surface area contributed by atoms with E-state index in [1.807, 2.05) is 36.9 Å². The highest BCUT2D eigenvalue weighted by Gasteiger charge is 2.53. The lowest BCUT2D eigenvalue weighted by molar-refractivity contribution is 0.0964. The van der Waals surface area contributed by atoms with Crippen molar-refractivity contribution in [2.45, 2.75) is 23.8 Å². The normalized spacial score (nSPS) is 18.8. The first kappa shape index (κ1) is 23.0. The van der Waals surface area contributed by atoms with Gasteiger partial charge >= 0.3 is 6.01 Å². The van der Waals surface area contributed by atoms with E-state index in [1.54, 1.807) is 31.7 Å². The van der Waals surface area contributed by atoms with Gasteiger partial charge in [0.05, 0.1) is 28.1 Å². The van der Waals surface area contributed by atoms with Gasteiger partial charge < -0.3 is 15.4 Å². The van der Waals surface area contributed by atoms with E-state index in [0.717, 1.165) is 40.1 Å². The zero-order chi connectivity index (χ0) is 24.4. The molecular formula is C25H25N7O2S. The minimum atomic E-state index is -0.112. The fourth-order valence-corrected chi connectivity index (χ4v) is 5.30. The van der Waals surface area contributed by atoms with Gasteiger partial charge in [-0.05, 0) is 25.5 Å². The first-order chi connectivity index (χ1) is 17.0. The van der Waals surface area contributed by atoms with Crippen molar-refractivity contribution >= 4 is 34.4 Å². The molecule has 3 aromatic heterocycles. The number of carbonyl (C=O) groups is 1. The maximum absolute atomic E-state index is 12.3. The lowest BCUT2D eigenvalue weighted by atomic mass is 9.93. The van der Waals surface area contributed by atoms with Gasteiger partial charge in [-0.25, -0.2) is 19.9 Å². The lowest BCUT2D eigenvalue weighted by Crippen LogP contribution is -2.19. The molecule has 0 saturated carbocycles. The van der Waals surface area contributed by atoms with E-state index in [1.165, 1.54) is 6.33 Å². The Bertz CT molecular complexity index is 1380. The molecule has 2 N–H and O–H groups in total. The zero-order valence-electron chi connectivity index (χ0n) is 19.6. The van der Waals surface area contributed by atoms with E-state index in [0.29, 0.717) is 23.4 Å². The monoisotopic (exact) mass is 487 g/mol. The quantitative estimate of drug-likeness (QED) is 0.359. The van der Waals surface area contributed by atoms with Gasteiger partial charge in [0.2, 0.25) is 0 Å². The molecule has 5 rings (SSSR count). The molecule has 35 heavy (non-hydrogen) atoms. The number of ether oxygens (including phenoxy) is 1. The van der Waals surface area contributed by atoms with Crippen LogP contribution in [0.1, 0.15) is 29.8 Å². The summed E-state index contributed by atoms with van der Waals surface area (Å²) >= 11 is 1.87. The number of benzene rings is 1. The van der Waals surface area contributed by atoms with Gasteiger partial charge in [-0.3, -0.25) is 9.78 Å². The van der Waals surface area contributed by atoms with Crippen molar-refractivity contribution in [1.82, 2.24) is 30.2 Å². The fraction of sp³-hybridized carbons (Fsp3) is 0.280. The second kappa shape index (κ2) is 9.46. The molecule has 1 saturated heterocycles. The molecule has 0 radical (unpaired) electrons. The number of amides is 1. The maximum Gasteiger partial charge on any atom is 0.316 e. The number of hydrogen-bond donors (Lipinski definition) is 2. The Morgan fingerprint density at radius 3 is 2.74 bits per heavy atom. The Balaban J connectivity index is 1.31. The second-order valence-electron chi connectivity index (χ2n) is 8.21. The van der Waals surface area contributed by atoms with Crippen LogP contribution in [0.3, 0.4) is 0 Å². The minimum Gasteiger partial charge on any atom is -0.464 e. The smallest absolute Gasteiger partial charge is 0.316 e. The predicted molar refractivity (Wildman–Crippen MR) is 137 cm³/mol. The summed E-state index contributed by atoms with van der Waals surface area (Å²) in [4.78, 5) is 34.1. The summed E-state index contributed by atoms with van der Waals surface area (Å²) in [5.74, 6) is 0.621. The third kappa shape index (κ3) is 4.49. The van der Waals surface area contributed by atoms with Crippen molar-refractivity contribution in [3.8, 4) is 17.3 Å². The summed E-state index contributed by atoms with van der Waals surface area (Å²) < 4.78 is 5.19. The second-order valence-corrected chi connectivity index (χ2v) is 9.86. The highest BCUT2D eigenvalue weighted by Crippen LogP contribution is 2.61. The van der Waals surface area contributed by atoms with Crippen LogP contribution < -0.4 is 15.4 Å². The molecule has 1 aromatic carbocycles. The van der Waals surface area contributed by atoms with E-state index in [-0.39, 0.29) is 10.7 Å². The number of nitrogens with zero attached hydrogens (tertiary/aromatic N) is 5. The molecule has 1 aliphatic rings. The molecule has 2 atom stereocenters. The van der Waals surface area contributed by atoms with Crippen LogP contribution >= 0.6 is 11.8 Å². The van der Waals surface area contributed by atoms with E-state index >= 15 is 0 Å². The van der Waals surface area contributed by atoms with E-state index < -0.39 is 0 Å². The third-order valence-electron chi connectivity index (χ3n) is 6.05. The minimum absolute atomic E-state index is 0.111. The molecule has 0 bridgehead atoms. The molecule has 9 nitrogen and oxygen atoms in total. The summed E-state index contributed by atoms with van der Waals surface area (Å²) in [5.41, 5.74) is 4.16. The first-order valence-electron chi connectivity index (χ1n) is 11.3. The molecule has 1 aliphatic heterocycles. The molecule has 4 aromatic rings.